The molecule has 2 rings (SSSR count). The zero-order valence-electron chi connectivity index (χ0n) is 9.42. The molecule has 1 aromatic heterocycles. The summed E-state index contributed by atoms with van der Waals surface area (Å²) < 4.78 is 17.9. The van der Waals surface area contributed by atoms with E-state index in [9.17, 15) is 9.18 Å². The lowest BCUT2D eigenvalue weighted by molar-refractivity contribution is 0.187. The summed E-state index contributed by atoms with van der Waals surface area (Å²) in [6, 6.07) is 5.10. The highest BCUT2D eigenvalue weighted by molar-refractivity contribution is 5.64. The van der Waals surface area contributed by atoms with Crippen LogP contribution >= 0.6 is 0 Å². The van der Waals surface area contributed by atoms with Crippen molar-refractivity contribution in [3.8, 4) is 11.4 Å². The Morgan fingerprint density at radius 3 is 3.00 bits per heavy atom. The molecule has 0 unspecified atom stereocenters. The Hall–Kier alpha value is -2.44. The van der Waals surface area contributed by atoms with Crippen molar-refractivity contribution in [2.45, 2.75) is 13.0 Å². The maximum atomic E-state index is 13.0. The number of hydrogen-bond donors (Lipinski definition) is 2. The number of hydrogen-bond acceptors (Lipinski definition) is 4. The molecule has 0 saturated heterocycles. The number of carbonyl (C=O) groups is 1. The van der Waals surface area contributed by atoms with Crippen molar-refractivity contribution in [1.29, 1.82) is 0 Å². The second-order valence-electron chi connectivity index (χ2n) is 3.64. The summed E-state index contributed by atoms with van der Waals surface area (Å²) in [5, 5.41) is 14.4. The molecule has 6 nitrogen and oxygen atoms in total. The molecule has 94 valence electrons. The standard InChI is InChI=1S/C11H10FN3O3/c1-6(13-11(16)17)10-14-9(15-18-10)7-3-2-4-8(12)5-7/h2-6,13H,1H3,(H,16,17)/t6-/m1/s1. The average Bonchev–Trinajstić information content (AvgIpc) is 2.77. The Morgan fingerprint density at radius 2 is 2.33 bits per heavy atom. The van der Waals surface area contributed by atoms with Crippen LogP contribution in [0.4, 0.5) is 9.18 Å². The van der Waals surface area contributed by atoms with Crippen LogP contribution in [0.2, 0.25) is 0 Å². The molecule has 0 aliphatic heterocycles. The van der Waals surface area contributed by atoms with Crippen LogP contribution in [0.3, 0.4) is 0 Å². The number of carboxylic acid groups (broad SMARTS) is 1. The van der Waals surface area contributed by atoms with Gasteiger partial charge in [-0.25, -0.2) is 9.18 Å². The average molecular weight is 251 g/mol. The second kappa shape index (κ2) is 4.82. The van der Waals surface area contributed by atoms with Crippen molar-refractivity contribution >= 4 is 6.09 Å². The third kappa shape index (κ3) is 2.62. The Morgan fingerprint density at radius 1 is 1.56 bits per heavy atom. The van der Waals surface area contributed by atoms with E-state index in [1.807, 2.05) is 0 Å². The third-order valence-electron chi connectivity index (χ3n) is 2.23. The number of halogens is 1. The van der Waals surface area contributed by atoms with Crippen LogP contribution in [0.5, 0.6) is 0 Å². The second-order valence-corrected chi connectivity index (χ2v) is 3.64. The molecular formula is C11H10FN3O3. The van der Waals surface area contributed by atoms with Crippen molar-refractivity contribution in [2.24, 2.45) is 0 Å². The fourth-order valence-electron chi connectivity index (χ4n) is 1.40. The predicted molar refractivity (Wildman–Crippen MR) is 59.3 cm³/mol. The van der Waals surface area contributed by atoms with Crippen LogP contribution in [-0.2, 0) is 0 Å². The number of benzene rings is 1. The first-order chi connectivity index (χ1) is 8.56. The SMILES string of the molecule is C[C@@H](NC(=O)O)c1nc(-c2cccc(F)c2)no1. The van der Waals surface area contributed by atoms with E-state index >= 15 is 0 Å². The van der Waals surface area contributed by atoms with E-state index < -0.39 is 18.0 Å². The molecule has 7 heteroatoms. The van der Waals surface area contributed by atoms with Crippen LogP contribution < -0.4 is 5.32 Å². The number of amides is 1. The molecule has 0 spiro atoms. The summed E-state index contributed by atoms with van der Waals surface area (Å²) in [5.74, 6) is -0.0734. The van der Waals surface area contributed by atoms with E-state index in [0.29, 0.717) is 5.56 Å². The van der Waals surface area contributed by atoms with Crippen molar-refractivity contribution in [3.05, 3.63) is 36.0 Å². The van der Waals surface area contributed by atoms with Gasteiger partial charge in [0.25, 0.3) is 0 Å². The van der Waals surface area contributed by atoms with E-state index in [4.69, 9.17) is 9.63 Å². The van der Waals surface area contributed by atoms with Gasteiger partial charge in [0.2, 0.25) is 11.7 Å². The summed E-state index contributed by atoms with van der Waals surface area (Å²) in [6.07, 6.45) is -1.19. The lowest BCUT2D eigenvalue weighted by Gasteiger charge is -2.04. The summed E-state index contributed by atoms with van der Waals surface area (Å²) in [4.78, 5) is 14.5. The van der Waals surface area contributed by atoms with Crippen LogP contribution in [0, 0.1) is 5.82 Å². The van der Waals surface area contributed by atoms with Gasteiger partial charge < -0.3 is 14.9 Å². The van der Waals surface area contributed by atoms with Gasteiger partial charge in [0.15, 0.2) is 0 Å². The van der Waals surface area contributed by atoms with Crippen molar-refractivity contribution in [2.75, 3.05) is 0 Å². The van der Waals surface area contributed by atoms with Gasteiger partial charge in [-0.1, -0.05) is 17.3 Å². The molecule has 2 aromatic rings. The largest absolute Gasteiger partial charge is 0.465 e. The minimum atomic E-state index is -1.19. The molecule has 2 N–H and O–H groups in total. The first kappa shape index (κ1) is 12.0. The van der Waals surface area contributed by atoms with Gasteiger partial charge in [-0.2, -0.15) is 4.98 Å². The molecule has 0 aliphatic rings. The molecule has 0 bridgehead atoms. The monoisotopic (exact) mass is 251 g/mol. The highest BCUT2D eigenvalue weighted by atomic mass is 19.1. The Kier molecular flexibility index (Phi) is 3.22. The van der Waals surface area contributed by atoms with Gasteiger partial charge in [0, 0.05) is 5.56 Å². The predicted octanol–water partition coefficient (Wildman–Crippen LogP) is 2.20. The van der Waals surface area contributed by atoms with E-state index in [1.165, 1.54) is 18.2 Å². The smallest absolute Gasteiger partial charge is 0.405 e. The normalized spacial score (nSPS) is 12.1. The first-order valence-corrected chi connectivity index (χ1v) is 5.15. The third-order valence-corrected chi connectivity index (χ3v) is 2.23. The molecule has 0 saturated carbocycles. The van der Waals surface area contributed by atoms with Crippen LogP contribution in [0.1, 0.15) is 18.9 Å². The van der Waals surface area contributed by atoms with Gasteiger partial charge in [0.05, 0.1) is 0 Å². The van der Waals surface area contributed by atoms with Crippen LogP contribution in [-0.4, -0.2) is 21.3 Å². The van der Waals surface area contributed by atoms with Gasteiger partial charge in [-0.3, -0.25) is 0 Å². The molecule has 1 aromatic carbocycles. The van der Waals surface area contributed by atoms with E-state index in [1.54, 1.807) is 13.0 Å². The fourth-order valence-corrected chi connectivity index (χ4v) is 1.40. The van der Waals surface area contributed by atoms with Crippen LogP contribution in [0.25, 0.3) is 11.4 Å². The molecule has 18 heavy (non-hydrogen) atoms. The minimum absolute atomic E-state index is 0.122. The molecule has 1 amide bonds. The number of nitrogens with zero attached hydrogens (tertiary/aromatic N) is 2. The minimum Gasteiger partial charge on any atom is -0.465 e. The molecule has 0 fully saturated rings. The Bertz CT molecular complexity index is 570. The number of aromatic nitrogens is 2. The maximum absolute atomic E-state index is 13.0. The highest BCUT2D eigenvalue weighted by Crippen LogP contribution is 2.19. The Labute approximate surface area is 101 Å². The lowest BCUT2D eigenvalue weighted by Crippen LogP contribution is -2.24. The van der Waals surface area contributed by atoms with Crippen molar-refractivity contribution < 1.29 is 18.8 Å². The molecule has 1 atom stereocenters. The van der Waals surface area contributed by atoms with Gasteiger partial charge in [0.1, 0.15) is 11.9 Å². The molecule has 0 aliphatic carbocycles. The number of rotatable bonds is 3. The molecule has 1 heterocycles. The van der Waals surface area contributed by atoms with E-state index in [-0.39, 0.29) is 11.7 Å². The first-order valence-electron chi connectivity index (χ1n) is 5.15. The Balaban J connectivity index is 2.22. The summed E-state index contributed by atoms with van der Waals surface area (Å²) in [6.45, 7) is 1.57. The van der Waals surface area contributed by atoms with Crippen molar-refractivity contribution in [3.63, 3.8) is 0 Å². The molecular weight excluding hydrogens is 241 g/mol. The van der Waals surface area contributed by atoms with Gasteiger partial charge >= 0.3 is 6.09 Å². The summed E-state index contributed by atoms with van der Waals surface area (Å²) in [7, 11) is 0. The number of nitrogens with one attached hydrogen (secondary N) is 1. The summed E-state index contributed by atoms with van der Waals surface area (Å²) >= 11 is 0. The summed E-state index contributed by atoms with van der Waals surface area (Å²) in [5.41, 5.74) is 0.465. The quantitative estimate of drug-likeness (QED) is 0.873. The molecule has 0 radical (unpaired) electrons. The van der Waals surface area contributed by atoms with Crippen LogP contribution in [0.15, 0.2) is 28.8 Å². The zero-order valence-corrected chi connectivity index (χ0v) is 9.42. The maximum Gasteiger partial charge on any atom is 0.405 e. The van der Waals surface area contributed by atoms with Gasteiger partial charge in [-0.15, -0.1) is 0 Å². The zero-order chi connectivity index (χ0) is 13.1. The van der Waals surface area contributed by atoms with Crippen molar-refractivity contribution in [1.82, 2.24) is 15.5 Å². The van der Waals surface area contributed by atoms with E-state index in [0.717, 1.165) is 0 Å². The van der Waals surface area contributed by atoms with Gasteiger partial charge in [-0.05, 0) is 19.1 Å². The van der Waals surface area contributed by atoms with E-state index in [2.05, 4.69) is 15.5 Å². The lowest BCUT2D eigenvalue weighted by atomic mass is 10.2. The highest BCUT2D eigenvalue weighted by Gasteiger charge is 2.16. The fraction of sp³-hybridized carbons (Fsp3) is 0.182. The topological polar surface area (TPSA) is 88.2 Å².